The molecule has 3 amide bonds. The molecule has 2 N–H and O–H groups in total. The Morgan fingerprint density at radius 2 is 1.89 bits per heavy atom. The largest absolute Gasteiger partial charge is 0.336 e. The highest BCUT2D eigenvalue weighted by molar-refractivity contribution is 8.00. The molecule has 0 bridgehead atoms. The summed E-state index contributed by atoms with van der Waals surface area (Å²) >= 11 is 1.42. The van der Waals surface area contributed by atoms with Crippen LogP contribution in [0.25, 0.3) is 0 Å². The lowest BCUT2D eigenvalue weighted by Crippen LogP contribution is -2.43. The topological polar surface area (TPSA) is 58.2 Å². The summed E-state index contributed by atoms with van der Waals surface area (Å²) in [6.45, 7) is 7.77. The van der Waals surface area contributed by atoms with Crippen molar-refractivity contribution in [1.82, 2.24) is 10.6 Å². The molecular weight excluding hydrogens is 260 g/mol. The Bertz CT molecular complexity index is 473. The van der Waals surface area contributed by atoms with Crippen LogP contribution in [0.4, 0.5) is 4.79 Å². The second-order valence-corrected chi connectivity index (χ2v) is 5.76. The van der Waals surface area contributed by atoms with Gasteiger partial charge in [-0.15, -0.1) is 11.8 Å². The molecule has 104 valence electrons. The van der Waals surface area contributed by atoms with E-state index >= 15 is 0 Å². The van der Waals surface area contributed by atoms with E-state index in [1.807, 2.05) is 45.9 Å². The fraction of sp³-hybridized carbons (Fsp3) is 0.429. The van der Waals surface area contributed by atoms with Crippen LogP contribution in [0.5, 0.6) is 0 Å². The van der Waals surface area contributed by atoms with Crippen LogP contribution >= 0.6 is 11.8 Å². The molecular formula is C14H20N2O2S. The third-order valence-corrected chi connectivity index (χ3v) is 3.51. The SMILES string of the molecule is Cc1ccc(SCC(=O)NC(=O)NC(C)C)cc1C. The molecule has 0 aromatic heterocycles. The van der Waals surface area contributed by atoms with Crippen LogP contribution in [0.15, 0.2) is 23.1 Å². The summed E-state index contributed by atoms with van der Waals surface area (Å²) in [6.07, 6.45) is 0. The molecule has 0 fully saturated rings. The summed E-state index contributed by atoms with van der Waals surface area (Å²) < 4.78 is 0. The number of carbonyl (C=O) groups is 2. The maximum Gasteiger partial charge on any atom is 0.321 e. The number of urea groups is 1. The Labute approximate surface area is 118 Å². The third kappa shape index (κ3) is 5.79. The average molecular weight is 280 g/mol. The second-order valence-electron chi connectivity index (χ2n) is 4.71. The van der Waals surface area contributed by atoms with Gasteiger partial charge in [0.2, 0.25) is 5.91 Å². The van der Waals surface area contributed by atoms with Crippen LogP contribution in [-0.4, -0.2) is 23.7 Å². The summed E-state index contributed by atoms with van der Waals surface area (Å²) in [5.74, 6) is -0.0602. The number of carbonyl (C=O) groups excluding carboxylic acids is 2. The number of nitrogens with one attached hydrogen (secondary N) is 2. The van der Waals surface area contributed by atoms with Crippen molar-refractivity contribution in [2.75, 3.05) is 5.75 Å². The van der Waals surface area contributed by atoms with Gasteiger partial charge in [-0.2, -0.15) is 0 Å². The Balaban J connectivity index is 2.41. The Kier molecular flexibility index (Phi) is 5.89. The summed E-state index contributed by atoms with van der Waals surface area (Å²) in [7, 11) is 0. The van der Waals surface area contributed by atoms with Gasteiger partial charge in [-0.3, -0.25) is 10.1 Å². The van der Waals surface area contributed by atoms with E-state index in [4.69, 9.17) is 0 Å². The van der Waals surface area contributed by atoms with Crippen LogP contribution in [0.2, 0.25) is 0 Å². The van der Waals surface area contributed by atoms with Gasteiger partial charge in [-0.05, 0) is 51.0 Å². The summed E-state index contributed by atoms with van der Waals surface area (Å²) in [5.41, 5.74) is 2.42. The Hall–Kier alpha value is -1.49. The molecule has 0 aliphatic carbocycles. The highest BCUT2D eigenvalue weighted by atomic mass is 32.2. The van der Waals surface area contributed by atoms with Crippen LogP contribution in [0.3, 0.4) is 0 Å². The fourth-order valence-corrected chi connectivity index (χ4v) is 2.21. The second kappa shape index (κ2) is 7.19. The van der Waals surface area contributed by atoms with E-state index in [2.05, 4.69) is 10.6 Å². The van der Waals surface area contributed by atoms with E-state index in [-0.39, 0.29) is 17.7 Å². The zero-order valence-electron chi connectivity index (χ0n) is 11.7. The normalized spacial score (nSPS) is 10.4. The number of hydrogen-bond donors (Lipinski definition) is 2. The lowest BCUT2D eigenvalue weighted by Gasteiger charge is -2.09. The fourth-order valence-electron chi connectivity index (χ4n) is 1.41. The zero-order chi connectivity index (χ0) is 14.4. The molecule has 0 aliphatic rings. The first-order valence-corrected chi connectivity index (χ1v) is 7.17. The molecule has 4 nitrogen and oxygen atoms in total. The number of hydrogen-bond acceptors (Lipinski definition) is 3. The molecule has 1 aromatic carbocycles. The summed E-state index contributed by atoms with van der Waals surface area (Å²) in [6, 6.07) is 5.62. The van der Waals surface area contributed by atoms with Crippen LogP contribution in [0.1, 0.15) is 25.0 Å². The van der Waals surface area contributed by atoms with Crippen LogP contribution < -0.4 is 10.6 Å². The van der Waals surface area contributed by atoms with Crippen molar-refractivity contribution in [3.63, 3.8) is 0 Å². The molecule has 0 unspecified atom stereocenters. The van der Waals surface area contributed by atoms with E-state index in [9.17, 15) is 9.59 Å². The molecule has 1 aromatic rings. The van der Waals surface area contributed by atoms with Gasteiger partial charge >= 0.3 is 6.03 Å². The van der Waals surface area contributed by atoms with Gasteiger partial charge in [-0.1, -0.05) is 6.07 Å². The maximum absolute atomic E-state index is 11.6. The molecule has 0 heterocycles. The first-order valence-electron chi connectivity index (χ1n) is 6.19. The molecule has 5 heteroatoms. The molecule has 1 rings (SSSR count). The molecule has 19 heavy (non-hydrogen) atoms. The minimum Gasteiger partial charge on any atom is -0.336 e. The van der Waals surface area contributed by atoms with Gasteiger partial charge in [0.1, 0.15) is 0 Å². The summed E-state index contributed by atoms with van der Waals surface area (Å²) in [4.78, 5) is 23.9. The first kappa shape index (κ1) is 15.6. The smallest absolute Gasteiger partial charge is 0.321 e. The number of imide groups is 1. The monoisotopic (exact) mass is 280 g/mol. The van der Waals surface area contributed by atoms with Crippen molar-refractivity contribution < 1.29 is 9.59 Å². The van der Waals surface area contributed by atoms with Gasteiger partial charge in [-0.25, -0.2) is 4.79 Å². The number of amides is 3. The highest BCUT2D eigenvalue weighted by Gasteiger charge is 2.09. The van der Waals surface area contributed by atoms with Crippen molar-refractivity contribution in [3.05, 3.63) is 29.3 Å². The molecule has 0 atom stereocenters. The Morgan fingerprint density at radius 1 is 1.21 bits per heavy atom. The average Bonchev–Trinajstić information content (AvgIpc) is 2.29. The van der Waals surface area contributed by atoms with Gasteiger partial charge in [0.15, 0.2) is 0 Å². The lowest BCUT2D eigenvalue weighted by atomic mass is 10.1. The molecule has 0 saturated carbocycles. The number of benzene rings is 1. The van der Waals surface area contributed by atoms with E-state index < -0.39 is 6.03 Å². The maximum atomic E-state index is 11.6. The molecule has 0 aliphatic heterocycles. The zero-order valence-corrected chi connectivity index (χ0v) is 12.6. The Morgan fingerprint density at radius 3 is 2.47 bits per heavy atom. The van der Waals surface area contributed by atoms with E-state index in [0.29, 0.717) is 0 Å². The van der Waals surface area contributed by atoms with Gasteiger partial charge in [0.25, 0.3) is 0 Å². The molecule has 0 radical (unpaired) electrons. The lowest BCUT2D eigenvalue weighted by molar-refractivity contribution is -0.117. The van der Waals surface area contributed by atoms with Gasteiger partial charge < -0.3 is 5.32 Å². The van der Waals surface area contributed by atoms with Crippen LogP contribution in [-0.2, 0) is 4.79 Å². The number of rotatable bonds is 4. The minimum atomic E-state index is -0.444. The van der Waals surface area contributed by atoms with Gasteiger partial charge in [0.05, 0.1) is 5.75 Å². The van der Waals surface area contributed by atoms with E-state index in [0.717, 1.165) is 4.90 Å². The van der Waals surface area contributed by atoms with Crippen molar-refractivity contribution in [2.45, 2.75) is 38.6 Å². The van der Waals surface area contributed by atoms with Gasteiger partial charge in [0, 0.05) is 10.9 Å². The van der Waals surface area contributed by atoms with Crippen molar-refractivity contribution in [2.24, 2.45) is 0 Å². The van der Waals surface area contributed by atoms with E-state index in [1.165, 1.54) is 22.9 Å². The summed E-state index contributed by atoms with van der Waals surface area (Å²) in [5, 5.41) is 4.91. The van der Waals surface area contributed by atoms with E-state index in [1.54, 1.807) is 0 Å². The van der Waals surface area contributed by atoms with Crippen molar-refractivity contribution in [3.8, 4) is 0 Å². The quantitative estimate of drug-likeness (QED) is 0.834. The van der Waals surface area contributed by atoms with Crippen LogP contribution in [0, 0.1) is 13.8 Å². The molecule has 0 saturated heterocycles. The predicted octanol–water partition coefficient (Wildman–Crippen LogP) is 2.63. The minimum absolute atomic E-state index is 0.0141. The predicted molar refractivity (Wildman–Crippen MR) is 78.5 cm³/mol. The number of thioether (sulfide) groups is 1. The van der Waals surface area contributed by atoms with Crippen molar-refractivity contribution in [1.29, 1.82) is 0 Å². The van der Waals surface area contributed by atoms with Crippen molar-refractivity contribution >= 4 is 23.7 Å². The number of aryl methyl sites for hydroxylation is 2. The first-order chi connectivity index (χ1) is 8.88. The highest BCUT2D eigenvalue weighted by Crippen LogP contribution is 2.20. The third-order valence-electron chi connectivity index (χ3n) is 2.52. The standard InChI is InChI=1S/C14H20N2O2S/c1-9(2)15-14(18)16-13(17)8-19-12-6-5-10(3)11(4)7-12/h5-7,9H,8H2,1-4H3,(H2,15,16,17,18). The molecule has 0 spiro atoms.